The van der Waals surface area contributed by atoms with E-state index in [1.165, 1.54) is 4.31 Å². The average Bonchev–Trinajstić information content (AvgIpc) is 3.14. The van der Waals surface area contributed by atoms with Crippen LogP contribution in [0.25, 0.3) is 0 Å². The highest BCUT2D eigenvalue weighted by molar-refractivity contribution is 7.88. The fourth-order valence-electron chi connectivity index (χ4n) is 3.58. The van der Waals surface area contributed by atoms with Crippen LogP contribution in [-0.2, 0) is 20.6 Å². The van der Waals surface area contributed by atoms with E-state index in [-0.39, 0.29) is 17.6 Å². The number of hydrogen-bond donors (Lipinski definition) is 2. The van der Waals surface area contributed by atoms with E-state index in [0.717, 1.165) is 37.8 Å². The summed E-state index contributed by atoms with van der Waals surface area (Å²) in [6, 6.07) is 9.55. The summed E-state index contributed by atoms with van der Waals surface area (Å²) in [6.07, 6.45) is 3.72. The minimum atomic E-state index is -3.39. The summed E-state index contributed by atoms with van der Waals surface area (Å²) >= 11 is 0. The molecule has 1 amide bonds. The third-order valence-corrected chi connectivity index (χ3v) is 6.84. The highest BCUT2D eigenvalue weighted by atomic mass is 32.2. The fourth-order valence-corrected chi connectivity index (χ4v) is 5.19. The van der Waals surface area contributed by atoms with Gasteiger partial charge < -0.3 is 10.6 Å². The van der Waals surface area contributed by atoms with E-state index in [9.17, 15) is 13.2 Å². The molecule has 2 atom stereocenters. The minimum Gasteiger partial charge on any atom is -0.354 e. The third-order valence-electron chi connectivity index (χ3n) is 5.03. The van der Waals surface area contributed by atoms with E-state index in [4.69, 9.17) is 0 Å². The van der Waals surface area contributed by atoms with Gasteiger partial charge in [-0.2, -0.15) is 0 Å². The third kappa shape index (κ3) is 5.03. The van der Waals surface area contributed by atoms with Gasteiger partial charge in [-0.25, -0.2) is 12.7 Å². The van der Waals surface area contributed by atoms with Crippen LogP contribution in [-0.4, -0.2) is 50.9 Å². The summed E-state index contributed by atoms with van der Waals surface area (Å²) in [5.41, 5.74) is 0.779. The number of amides is 1. The first-order valence-corrected chi connectivity index (χ1v) is 10.7. The lowest BCUT2D eigenvalue weighted by molar-refractivity contribution is -0.126. The molecule has 1 aromatic carbocycles. The summed E-state index contributed by atoms with van der Waals surface area (Å²) in [7, 11) is -3.39. The zero-order chi connectivity index (χ0) is 17.7. The van der Waals surface area contributed by atoms with Crippen LogP contribution in [0.2, 0.25) is 0 Å². The molecule has 138 valence electrons. The second-order valence-electron chi connectivity index (χ2n) is 6.98. The lowest BCUT2D eigenvalue weighted by Gasteiger charge is -2.31. The Bertz CT molecular complexity index is 672. The Hall–Kier alpha value is -1.44. The van der Waals surface area contributed by atoms with E-state index in [0.29, 0.717) is 25.7 Å². The molecule has 0 aromatic heterocycles. The fraction of sp³-hybridized carbons (Fsp3) is 0.611. The lowest BCUT2D eigenvalue weighted by Crippen LogP contribution is -2.47. The van der Waals surface area contributed by atoms with Gasteiger partial charge in [0.15, 0.2) is 0 Å². The Morgan fingerprint density at radius 3 is 2.72 bits per heavy atom. The molecule has 0 spiro atoms. The molecule has 0 radical (unpaired) electrons. The van der Waals surface area contributed by atoms with Crippen molar-refractivity contribution in [2.75, 3.05) is 26.2 Å². The summed E-state index contributed by atoms with van der Waals surface area (Å²) in [5, 5.41) is 6.35. The number of hydrogen-bond acceptors (Lipinski definition) is 4. The van der Waals surface area contributed by atoms with Crippen molar-refractivity contribution in [1.29, 1.82) is 0 Å². The van der Waals surface area contributed by atoms with Crippen LogP contribution in [0.1, 0.15) is 31.2 Å². The molecule has 2 N–H and O–H groups in total. The number of benzene rings is 1. The molecule has 3 rings (SSSR count). The summed E-state index contributed by atoms with van der Waals surface area (Å²) < 4.78 is 26.8. The number of rotatable bonds is 6. The van der Waals surface area contributed by atoms with Crippen molar-refractivity contribution in [2.24, 2.45) is 5.92 Å². The standard InChI is InChI=1S/C18H27N3O3S/c22-18(20-12-17-9-4-10-19-17)16-8-5-11-21(13-16)25(23,24)14-15-6-2-1-3-7-15/h1-3,6-7,16-17,19H,4-5,8-14H2,(H,20,22). The second kappa shape index (κ2) is 8.29. The van der Waals surface area contributed by atoms with Crippen molar-refractivity contribution < 1.29 is 13.2 Å². The number of carbonyl (C=O) groups is 1. The van der Waals surface area contributed by atoms with Crippen molar-refractivity contribution in [1.82, 2.24) is 14.9 Å². The van der Waals surface area contributed by atoms with Crippen molar-refractivity contribution >= 4 is 15.9 Å². The van der Waals surface area contributed by atoms with Crippen LogP contribution < -0.4 is 10.6 Å². The van der Waals surface area contributed by atoms with Crippen LogP contribution in [0.15, 0.2) is 30.3 Å². The zero-order valence-corrected chi connectivity index (χ0v) is 15.3. The Kier molecular flexibility index (Phi) is 6.09. The molecule has 25 heavy (non-hydrogen) atoms. The second-order valence-corrected chi connectivity index (χ2v) is 8.95. The van der Waals surface area contributed by atoms with Crippen LogP contribution >= 0.6 is 0 Å². The monoisotopic (exact) mass is 365 g/mol. The maximum absolute atomic E-state index is 12.7. The highest BCUT2D eigenvalue weighted by Crippen LogP contribution is 2.21. The van der Waals surface area contributed by atoms with Gasteiger partial charge >= 0.3 is 0 Å². The van der Waals surface area contributed by atoms with Crippen molar-refractivity contribution in [3.8, 4) is 0 Å². The molecular weight excluding hydrogens is 338 g/mol. The smallest absolute Gasteiger partial charge is 0.224 e. The Balaban J connectivity index is 1.55. The van der Waals surface area contributed by atoms with Gasteiger partial charge in [0, 0.05) is 25.7 Å². The number of nitrogens with one attached hydrogen (secondary N) is 2. The predicted octanol–water partition coefficient (Wildman–Crippen LogP) is 1.10. The number of sulfonamides is 1. The first-order chi connectivity index (χ1) is 12.0. The predicted molar refractivity (Wildman–Crippen MR) is 97.4 cm³/mol. The van der Waals surface area contributed by atoms with E-state index >= 15 is 0 Å². The van der Waals surface area contributed by atoms with Gasteiger partial charge in [-0.3, -0.25) is 4.79 Å². The molecule has 0 bridgehead atoms. The van der Waals surface area contributed by atoms with Crippen molar-refractivity contribution in [3.63, 3.8) is 0 Å². The Morgan fingerprint density at radius 1 is 1.20 bits per heavy atom. The van der Waals surface area contributed by atoms with Gasteiger partial charge in [-0.05, 0) is 37.8 Å². The zero-order valence-electron chi connectivity index (χ0n) is 14.5. The normalized spacial score (nSPS) is 25.0. The summed E-state index contributed by atoms with van der Waals surface area (Å²) in [6.45, 7) is 2.43. The van der Waals surface area contributed by atoms with Gasteiger partial charge in [0.25, 0.3) is 0 Å². The molecule has 6 nitrogen and oxygen atoms in total. The highest BCUT2D eigenvalue weighted by Gasteiger charge is 2.32. The van der Waals surface area contributed by atoms with Crippen molar-refractivity contribution in [2.45, 2.75) is 37.5 Å². The molecule has 2 saturated heterocycles. The van der Waals surface area contributed by atoms with Crippen LogP contribution in [0.3, 0.4) is 0 Å². The Labute approximate surface area is 150 Å². The molecule has 1 aromatic rings. The van der Waals surface area contributed by atoms with Gasteiger partial charge in [0.2, 0.25) is 15.9 Å². The van der Waals surface area contributed by atoms with Crippen molar-refractivity contribution in [3.05, 3.63) is 35.9 Å². The largest absolute Gasteiger partial charge is 0.354 e. The maximum atomic E-state index is 12.7. The SMILES string of the molecule is O=C(NCC1CCCN1)C1CCCN(S(=O)(=O)Cc2ccccc2)C1. The topological polar surface area (TPSA) is 78.5 Å². The molecule has 0 saturated carbocycles. The quantitative estimate of drug-likeness (QED) is 0.791. The van der Waals surface area contributed by atoms with Crippen LogP contribution in [0.4, 0.5) is 0 Å². The van der Waals surface area contributed by atoms with E-state index in [1.54, 1.807) is 0 Å². The van der Waals surface area contributed by atoms with Crippen LogP contribution in [0.5, 0.6) is 0 Å². The molecule has 2 aliphatic rings. The summed E-state index contributed by atoms with van der Waals surface area (Å²) in [4.78, 5) is 12.4. The van der Waals surface area contributed by atoms with E-state index in [1.807, 2.05) is 30.3 Å². The van der Waals surface area contributed by atoms with Crippen LogP contribution in [0, 0.1) is 5.92 Å². The maximum Gasteiger partial charge on any atom is 0.224 e. The van der Waals surface area contributed by atoms with Gasteiger partial charge in [0.1, 0.15) is 0 Å². The average molecular weight is 365 g/mol. The van der Waals surface area contributed by atoms with Gasteiger partial charge in [-0.1, -0.05) is 30.3 Å². The molecule has 0 aliphatic carbocycles. The molecular formula is C18H27N3O3S. The molecule has 2 heterocycles. The number of piperidine rings is 1. The first kappa shape index (κ1) is 18.4. The van der Waals surface area contributed by atoms with Gasteiger partial charge in [-0.15, -0.1) is 0 Å². The number of carbonyl (C=O) groups excluding carboxylic acids is 1. The molecule has 7 heteroatoms. The Morgan fingerprint density at radius 2 is 2.00 bits per heavy atom. The lowest BCUT2D eigenvalue weighted by atomic mass is 9.98. The van der Waals surface area contributed by atoms with E-state index < -0.39 is 10.0 Å². The van der Waals surface area contributed by atoms with Gasteiger partial charge in [0.05, 0.1) is 11.7 Å². The van der Waals surface area contributed by atoms with E-state index in [2.05, 4.69) is 10.6 Å². The molecule has 2 aliphatic heterocycles. The molecule has 2 fully saturated rings. The molecule has 2 unspecified atom stereocenters. The first-order valence-electron chi connectivity index (χ1n) is 9.07. The minimum absolute atomic E-state index is 0.00578. The number of nitrogens with zero attached hydrogens (tertiary/aromatic N) is 1. The summed E-state index contributed by atoms with van der Waals surface area (Å²) in [5.74, 6) is -0.275.